The van der Waals surface area contributed by atoms with E-state index in [4.69, 9.17) is 0 Å². The monoisotopic (exact) mass is 340 g/mol. The van der Waals surface area contributed by atoms with Gasteiger partial charge in [0.1, 0.15) is 5.01 Å². The van der Waals surface area contributed by atoms with Crippen LogP contribution in [0.5, 0.6) is 0 Å². The van der Waals surface area contributed by atoms with Gasteiger partial charge in [0.15, 0.2) is 0 Å². The molecule has 2 aromatic heterocycles. The molecule has 0 atom stereocenters. The van der Waals surface area contributed by atoms with Gasteiger partial charge in [-0.25, -0.2) is 4.98 Å². The third kappa shape index (κ3) is 3.07. The predicted octanol–water partition coefficient (Wildman–Crippen LogP) is 3.02. The topological polar surface area (TPSA) is 42.7 Å². The summed E-state index contributed by atoms with van der Waals surface area (Å²) >= 11 is 5.28. The molecule has 0 aliphatic heterocycles. The van der Waals surface area contributed by atoms with E-state index >= 15 is 0 Å². The maximum Gasteiger partial charge on any atom is 0.107 e. The van der Waals surface area contributed by atoms with E-state index in [0.717, 1.165) is 40.7 Å². The molecule has 0 spiro atoms. The third-order valence-corrected chi connectivity index (χ3v) is 5.37. The molecular weight excluding hydrogens is 324 g/mol. The summed E-state index contributed by atoms with van der Waals surface area (Å²) in [6, 6.07) is 0.735. The first-order valence-electron chi connectivity index (χ1n) is 6.49. The fraction of sp³-hybridized carbons (Fsp3) is 0.538. The van der Waals surface area contributed by atoms with Crippen molar-refractivity contribution >= 4 is 27.3 Å². The maximum absolute atomic E-state index is 4.67. The van der Waals surface area contributed by atoms with Crippen LogP contribution in [0.15, 0.2) is 9.85 Å². The highest BCUT2D eigenvalue weighted by atomic mass is 79.9. The second kappa shape index (κ2) is 5.34. The van der Waals surface area contributed by atoms with Crippen molar-refractivity contribution in [1.82, 2.24) is 20.1 Å². The fourth-order valence-electron chi connectivity index (χ4n) is 2.00. The van der Waals surface area contributed by atoms with Crippen LogP contribution in [0, 0.1) is 13.8 Å². The lowest BCUT2D eigenvalue weighted by molar-refractivity contribution is 0.641. The molecule has 1 aliphatic carbocycles. The number of hydrogen-bond donors (Lipinski definition) is 1. The molecule has 0 saturated heterocycles. The molecule has 3 rings (SSSR count). The van der Waals surface area contributed by atoms with E-state index in [9.17, 15) is 0 Å². The molecule has 1 aliphatic rings. The van der Waals surface area contributed by atoms with Gasteiger partial charge in [-0.05, 0) is 42.6 Å². The first-order valence-corrected chi connectivity index (χ1v) is 8.17. The molecule has 0 bridgehead atoms. The molecule has 0 radical (unpaired) electrons. The highest BCUT2D eigenvalue weighted by Gasteiger charge is 2.20. The standard InChI is InChI=1S/C13H17BrN4S/c1-8-13(14)9(2)18(17-8)6-11-7-19-12(16-11)5-15-10-3-4-10/h7,10,15H,3-6H2,1-2H3. The Labute approximate surface area is 125 Å². The lowest BCUT2D eigenvalue weighted by atomic mass is 10.4. The van der Waals surface area contributed by atoms with Gasteiger partial charge in [0.05, 0.1) is 28.1 Å². The number of nitrogens with zero attached hydrogens (tertiary/aromatic N) is 3. The Hall–Kier alpha value is -0.720. The number of halogens is 1. The molecule has 19 heavy (non-hydrogen) atoms. The summed E-state index contributed by atoms with van der Waals surface area (Å²) in [5, 5.41) is 11.3. The summed E-state index contributed by atoms with van der Waals surface area (Å²) in [7, 11) is 0. The molecular formula is C13H17BrN4S. The molecule has 6 heteroatoms. The molecule has 102 valence electrons. The van der Waals surface area contributed by atoms with E-state index in [0.29, 0.717) is 0 Å². The summed E-state index contributed by atoms with van der Waals surface area (Å²) in [5.74, 6) is 0. The van der Waals surface area contributed by atoms with E-state index in [1.165, 1.54) is 17.8 Å². The smallest absolute Gasteiger partial charge is 0.107 e. The second-order valence-electron chi connectivity index (χ2n) is 5.03. The van der Waals surface area contributed by atoms with Crippen molar-refractivity contribution < 1.29 is 0 Å². The number of aryl methyl sites for hydroxylation is 1. The Bertz CT molecular complexity index is 585. The minimum absolute atomic E-state index is 0.735. The fourth-order valence-corrected chi connectivity index (χ4v) is 3.02. The molecule has 0 amide bonds. The van der Waals surface area contributed by atoms with E-state index in [1.54, 1.807) is 11.3 Å². The number of aromatic nitrogens is 3. The molecule has 2 heterocycles. The van der Waals surface area contributed by atoms with Crippen LogP contribution in [-0.4, -0.2) is 20.8 Å². The number of nitrogens with one attached hydrogen (secondary N) is 1. The van der Waals surface area contributed by atoms with Gasteiger partial charge in [0.25, 0.3) is 0 Å². The van der Waals surface area contributed by atoms with Crippen LogP contribution in [0.2, 0.25) is 0 Å². The summed E-state index contributed by atoms with van der Waals surface area (Å²) in [6.07, 6.45) is 2.63. The van der Waals surface area contributed by atoms with E-state index < -0.39 is 0 Å². The van der Waals surface area contributed by atoms with Crippen molar-refractivity contribution in [3.8, 4) is 0 Å². The van der Waals surface area contributed by atoms with Gasteiger partial charge >= 0.3 is 0 Å². The van der Waals surface area contributed by atoms with Crippen molar-refractivity contribution in [1.29, 1.82) is 0 Å². The molecule has 0 aromatic carbocycles. The van der Waals surface area contributed by atoms with Crippen molar-refractivity contribution in [3.05, 3.63) is 31.9 Å². The van der Waals surface area contributed by atoms with Crippen LogP contribution < -0.4 is 5.32 Å². The van der Waals surface area contributed by atoms with Gasteiger partial charge in [0.2, 0.25) is 0 Å². The van der Waals surface area contributed by atoms with Crippen LogP contribution in [-0.2, 0) is 13.1 Å². The molecule has 2 aromatic rings. The Kier molecular flexibility index (Phi) is 3.73. The predicted molar refractivity (Wildman–Crippen MR) is 80.5 cm³/mol. The van der Waals surface area contributed by atoms with Gasteiger partial charge in [0, 0.05) is 18.0 Å². The average molecular weight is 341 g/mol. The number of thiazole rings is 1. The molecule has 0 unspecified atom stereocenters. The minimum Gasteiger partial charge on any atom is -0.308 e. The third-order valence-electron chi connectivity index (χ3n) is 3.32. The molecule has 1 saturated carbocycles. The number of hydrogen-bond acceptors (Lipinski definition) is 4. The van der Waals surface area contributed by atoms with Gasteiger partial charge in [-0.2, -0.15) is 5.10 Å². The Morgan fingerprint density at radius 2 is 2.26 bits per heavy atom. The van der Waals surface area contributed by atoms with E-state index in [1.807, 2.05) is 11.6 Å². The van der Waals surface area contributed by atoms with E-state index in [-0.39, 0.29) is 0 Å². The van der Waals surface area contributed by atoms with Crippen LogP contribution in [0.4, 0.5) is 0 Å². The van der Waals surface area contributed by atoms with Crippen molar-refractivity contribution in [2.75, 3.05) is 0 Å². The minimum atomic E-state index is 0.735. The lowest BCUT2D eigenvalue weighted by Crippen LogP contribution is -2.15. The van der Waals surface area contributed by atoms with Gasteiger partial charge in [-0.1, -0.05) is 0 Å². The zero-order chi connectivity index (χ0) is 13.4. The average Bonchev–Trinajstić information content (AvgIpc) is 3.08. The zero-order valence-electron chi connectivity index (χ0n) is 11.1. The summed E-state index contributed by atoms with van der Waals surface area (Å²) in [4.78, 5) is 4.67. The highest BCUT2D eigenvalue weighted by molar-refractivity contribution is 9.10. The van der Waals surface area contributed by atoms with Crippen LogP contribution in [0.3, 0.4) is 0 Å². The largest absolute Gasteiger partial charge is 0.308 e. The van der Waals surface area contributed by atoms with Gasteiger partial charge in [-0.15, -0.1) is 11.3 Å². The van der Waals surface area contributed by atoms with Crippen molar-refractivity contribution in [3.63, 3.8) is 0 Å². The molecule has 1 fully saturated rings. The summed E-state index contributed by atoms with van der Waals surface area (Å²) in [5.41, 5.74) is 3.28. The van der Waals surface area contributed by atoms with Crippen LogP contribution in [0.25, 0.3) is 0 Å². The number of rotatable bonds is 5. The zero-order valence-corrected chi connectivity index (χ0v) is 13.5. The summed E-state index contributed by atoms with van der Waals surface area (Å²) < 4.78 is 3.10. The second-order valence-corrected chi connectivity index (χ2v) is 6.77. The first kappa shape index (κ1) is 13.3. The van der Waals surface area contributed by atoms with Crippen molar-refractivity contribution in [2.45, 2.75) is 45.8 Å². The van der Waals surface area contributed by atoms with E-state index in [2.05, 4.69) is 43.6 Å². The lowest BCUT2D eigenvalue weighted by Gasteiger charge is -2.01. The first-order chi connectivity index (χ1) is 9.13. The molecule has 1 N–H and O–H groups in total. The van der Waals surface area contributed by atoms with Gasteiger partial charge in [-0.3, -0.25) is 4.68 Å². The summed E-state index contributed by atoms with van der Waals surface area (Å²) in [6.45, 7) is 5.74. The Balaban J connectivity index is 1.66. The Morgan fingerprint density at radius 1 is 1.47 bits per heavy atom. The van der Waals surface area contributed by atoms with Gasteiger partial charge < -0.3 is 5.32 Å². The quantitative estimate of drug-likeness (QED) is 0.909. The normalized spacial score (nSPS) is 15.1. The van der Waals surface area contributed by atoms with Crippen LogP contribution in [0.1, 0.15) is 34.9 Å². The maximum atomic E-state index is 4.67. The van der Waals surface area contributed by atoms with Crippen LogP contribution >= 0.6 is 27.3 Å². The molecule has 4 nitrogen and oxygen atoms in total. The highest BCUT2D eigenvalue weighted by Crippen LogP contribution is 2.22. The SMILES string of the molecule is Cc1nn(Cc2csc(CNC3CC3)n2)c(C)c1Br. The van der Waals surface area contributed by atoms with Crippen molar-refractivity contribution in [2.24, 2.45) is 0 Å². The Morgan fingerprint density at radius 3 is 2.89 bits per heavy atom.